The molecule has 3 aliphatic rings. The Morgan fingerprint density at radius 2 is 0.854 bits per heavy atom. The standard InChI is InChI=1S/C36H71N3O9/c1-28(34(8,9)38-21-42-26-43-22-38)16-46-32(4,5)14-31(36(12,13)48-18-30(3)37-19-40-25-41-20-37)15-33(6,7)47-17-29(2)35(10,11)39-23-44-27-45-24-39/h28-31H,14-27H2,1-13H3. The van der Waals surface area contributed by atoms with Crippen LogP contribution in [0, 0.1) is 17.8 Å². The molecule has 0 aromatic carbocycles. The van der Waals surface area contributed by atoms with E-state index in [0.29, 0.717) is 80.6 Å². The van der Waals surface area contributed by atoms with Gasteiger partial charge in [-0.1, -0.05) is 13.8 Å². The highest BCUT2D eigenvalue weighted by molar-refractivity contribution is 4.92. The van der Waals surface area contributed by atoms with Gasteiger partial charge >= 0.3 is 0 Å². The third-order valence-corrected chi connectivity index (χ3v) is 11.3. The molecular weight excluding hydrogens is 618 g/mol. The van der Waals surface area contributed by atoms with Crippen LogP contribution in [-0.4, -0.2) is 129 Å². The van der Waals surface area contributed by atoms with E-state index in [1.807, 2.05) is 0 Å². The lowest BCUT2D eigenvalue weighted by Crippen LogP contribution is -2.54. The largest absolute Gasteiger partial charge is 0.375 e. The van der Waals surface area contributed by atoms with Crippen molar-refractivity contribution in [1.29, 1.82) is 0 Å². The Balaban J connectivity index is 1.69. The number of rotatable bonds is 19. The van der Waals surface area contributed by atoms with Crippen LogP contribution in [0.3, 0.4) is 0 Å². The van der Waals surface area contributed by atoms with Crippen LogP contribution in [0.4, 0.5) is 0 Å². The van der Waals surface area contributed by atoms with Gasteiger partial charge in [-0.3, -0.25) is 14.7 Å². The summed E-state index contributed by atoms with van der Waals surface area (Å²) in [4.78, 5) is 6.60. The highest BCUT2D eigenvalue weighted by Gasteiger charge is 2.42. The van der Waals surface area contributed by atoms with Crippen molar-refractivity contribution in [3.05, 3.63) is 0 Å². The normalized spacial score (nSPS) is 23.2. The minimum Gasteiger partial charge on any atom is -0.375 e. The summed E-state index contributed by atoms with van der Waals surface area (Å²) in [6.07, 6.45) is 1.62. The van der Waals surface area contributed by atoms with Gasteiger partial charge in [-0.05, 0) is 107 Å². The molecule has 3 saturated heterocycles. The van der Waals surface area contributed by atoms with Gasteiger partial charge in [0.1, 0.15) is 60.8 Å². The molecule has 0 saturated carbocycles. The van der Waals surface area contributed by atoms with Crippen molar-refractivity contribution in [2.24, 2.45) is 17.8 Å². The quantitative estimate of drug-likeness (QED) is 0.168. The molecule has 3 fully saturated rings. The Bertz CT molecular complexity index is 876. The van der Waals surface area contributed by atoms with Gasteiger partial charge in [-0.15, -0.1) is 0 Å². The predicted octanol–water partition coefficient (Wildman–Crippen LogP) is 5.65. The van der Waals surface area contributed by atoms with Crippen molar-refractivity contribution in [1.82, 2.24) is 14.7 Å². The van der Waals surface area contributed by atoms with E-state index in [9.17, 15) is 0 Å². The maximum absolute atomic E-state index is 6.78. The van der Waals surface area contributed by atoms with Crippen molar-refractivity contribution < 1.29 is 42.6 Å². The third-order valence-electron chi connectivity index (χ3n) is 11.3. The summed E-state index contributed by atoms with van der Waals surface area (Å²) in [6.45, 7) is 35.0. The molecule has 3 unspecified atom stereocenters. The first kappa shape index (κ1) is 41.9. The van der Waals surface area contributed by atoms with Crippen LogP contribution in [0.15, 0.2) is 0 Å². The van der Waals surface area contributed by atoms with Crippen LogP contribution in [-0.2, 0) is 42.6 Å². The molecule has 284 valence electrons. The van der Waals surface area contributed by atoms with Gasteiger partial charge in [0.2, 0.25) is 0 Å². The average Bonchev–Trinajstić information content (AvgIpc) is 3.05. The first-order valence-electron chi connectivity index (χ1n) is 17.9. The van der Waals surface area contributed by atoms with E-state index in [2.05, 4.69) is 105 Å². The lowest BCUT2D eigenvalue weighted by atomic mass is 9.76. The smallest absolute Gasteiger partial charge is 0.150 e. The molecule has 0 N–H and O–H groups in total. The van der Waals surface area contributed by atoms with Gasteiger partial charge in [0.15, 0.2) is 0 Å². The highest BCUT2D eigenvalue weighted by Crippen LogP contribution is 2.39. The zero-order chi connectivity index (χ0) is 35.8. The molecule has 0 aromatic heterocycles. The summed E-state index contributed by atoms with van der Waals surface area (Å²) in [5.41, 5.74) is -1.55. The number of ether oxygens (including phenoxy) is 9. The minimum absolute atomic E-state index is 0.142. The van der Waals surface area contributed by atoms with Crippen molar-refractivity contribution in [2.75, 3.05) is 80.6 Å². The van der Waals surface area contributed by atoms with Crippen LogP contribution in [0.1, 0.15) is 103 Å². The fourth-order valence-electron chi connectivity index (χ4n) is 6.27. The number of nitrogens with zero attached hydrogens (tertiary/aromatic N) is 3. The SMILES string of the molecule is CC(COC(C)(C)C(CC(C)(C)OCC(C)C(C)(C)N1COCOC1)CC(C)(C)OCC(C)C(C)(C)N1COCOC1)N1COCOC1. The van der Waals surface area contributed by atoms with Crippen LogP contribution in [0.25, 0.3) is 0 Å². The first-order valence-corrected chi connectivity index (χ1v) is 17.9. The fraction of sp³-hybridized carbons (Fsp3) is 1.00. The lowest BCUT2D eigenvalue weighted by Gasteiger charge is -2.46. The van der Waals surface area contributed by atoms with Crippen LogP contribution in [0.2, 0.25) is 0 Å². The molecule has 0 bridgehead atoms. The Hall–Kier alpha value is -0.480. The molecule has 0 radical (unpaired) electrons. The van der Waals surface area contributed by atoms with E-state index in [1.165, 1.54) is 0 Å². The molecule has 12 nitrogen and oxygen atoms in total. The molecular formula is C36H71N3O9. The Labute approximate surface area is 292 Å². The molecule has 48 heavy (non-hydrogen) atoms. The van der Waals surface area contributed by atoms with Crippen LogP contribution < -0.4 is 0 Å². The van der Waals surface area contributed by atoms with Crippen LogP contribution >= 0.6 is 0 Å². The van der Waals surface area contributed by atoms with Crippen molar-refractivity contribution in [2.45, 2.75) is 137 Å². The van der Waals surface area contributed by atoms with Gasteiger partial charge in [0.05, 0.1) is 36.6 Å². The van der Waals surface area contributed by atoms with Crippen molar-refractivity contribution in [3.63, 3.8) is 0 Å². The first-order chi connectivity index (χ1) is 22.3. The molecule has 3 atom stereocenters. The molecule has 0 aromatic rings. The summed E-state index contributed by atoms with van der Waals surface area (Å²) in [5.74, 6) is 0.642. The highest BCUT2D eigenvalue weighted by atomic mass is 16.7. The maximum atomic E-state index is 6.78. The van der Waals surface area contributed by atoms with E-state index in [-0.39, 0.29) is 34.9 Å². The topological polar surface area (TPSA) is 92.8 Å². The Kier molecular flexibility index (Phi) is 15.6. The summed E-state index contributed by atoms with van der Waals surface area (Å²) in [5, 5.41) is 0. The van der Waals surface area contributed by atoms with Gasteiger partial charge < -0.3 is 42.6 Å². The average molecular weight is 690 g/mol. The number of hydrogen-bond donors (Lipinski definition) is 0. The summed E-state index contributed by atoms with van der Waals surface area (Å²) >= 11 is 0. The molecule has 0 amide bonds. The van der Waals surface area contributed by atoms with Gasteiger partial charge in [0, 0.05) is 17.1 Å². The third kappa shape index (κ3) is 12.3. The predicted molar refractivity (Wildman–Crippen MR) is 185 cm³/mol. The molecule has 0 aliphatic carbocycles. The summed E-state index contributed by atoms with van der Waals surface area (Å²) in [7, 11) is 0. The van der Waals surface area contributed by atoms with Gasteiger partial charge in [-0.2, -0.15) is 0 Å². The van der Waals surface area contributed by atoms with Crippen molar-refractivity contribution >= 4 is 0 Å². The van der Waals surface area contributed by atoms with Crippen LogP contribution in [0.5, 0.6) is 0 Å². The molecule has 3 heterocycles. The molecule has 0 spiro atoms. The Morgan fingerprint density at radius 3 is 1.23 bits per heavy atom. The van der Waals surface area contributed by atoms with E-state index in [0.717, 1.165) is 12.8 Å². The van der Waals surface area contributed by atoms with Gasteiger partial charge in [0.25, 0.3) is 0 Å². The molecule has 3 aliphatic heterocycles. The van der Waals surface area contributed by atoms with E-state index < -0.39 is 16.8 Å². The van der Waals surface area contributed by atoms with Gasteiger partial charge in [-0.25, -0.2) is 0 Å². The second-order valence-corrected chi connectivity index (χ2v) is 17.1. The van der Waals surface area contributed by atoms with E-state index in [4.69, 9.17) is 42.6 Å². The minimum atomic E-state index is -0.451. The molecule has 3 rings (SSSR count). The number of hydrogen-bond acceptors (Lipinski definition) is 12. The zero-order valence-corrected chi connectivity index (χ0v) is 32.7. The molecule has 12 heteroatoms. The van der Waals surface area contributed by atoms with E-state index in [1.54, 1.807) is 0 Å². The van der Waals surface area contributed by atoms with Crippen molar-refractivity contribution in [3.8, 4) is 0 Å². The van der Waals surface area contributed by atoms with E-state index >= 15 is 0 Å². The Morgan fingerprint density at radius 1 is 0.500 bits per heavy atom. The fourth-order valence-corrected chi connectivity index (χ4v) is 6.27. The maximum Gasteiger partial charge on any atom is 0.150 e. The summed E-state index contributed by atoms with van der Waals surface area (Å²) < 4.78 is 53.6. The monoisotopic (exact) mass is 690 g/mol. The lowest BCUT2D eigenvalue weighted by molar-refractivity contribution is -0.220. The second kappa shape index (κ2) is 17.8. The zero-order valence-electron chi connectivity index (χ0n) is 32.7. The second-order valence-electron chi connectivity index (χ2n) is 17.1. The summed E-state index contributed by atoms with van der Waals surface area (Å²) in [6, 6.07) is 0.149.